The largest absolute Gasteiger partial charge is 0.381 e. The molecule has 1 saturated heterocycles. The second-order valence-electron chi connectivity index (χ2n) is 3.15. The van der Waals surface area contributed by atoms with Crippen LogP contribution in [0.5, 0.6) is 0 Å². The maximum Gasteiger partial charge on any atom is 0.0509 e. The van der Waals surface area contributed by atoms with E-state index in [0.29, 0.717) is 12.0 Å². The van der Waals surface area contributed by atoms with Crippen LogP contribution >= 0.6 is 0 Å². The van der Waals surface area contributed by atoms with Crippen LogP contribution in [0.3, 0.4) is 0 Å². The highest BCUT2D eigenvalue weighted by molar-refractivity contribution is 4.79. The Morgan fingerprint density at radius 2 is 2.55 bits per heavy atom. The lowest BCUT2D eigenvalue weighted by molar-refractivity contribution is 0.180. The molecule has 64 valence electrons. The molecule has 0 saturated carbocycles. The van der Waals surface area contributed by atoms with Crippen LogP contribution in [0.4, 0.5) is 0 Å². The van der Waals surface area contributed by atoms with Crippen LogP contribution in [0.1, 0.15) is 19.3 Å². The van der Waals surface area contributed by atoms with Crippen molar-refractivity contribution in [3.05, 3.63) is 12.7 Å². The number of ether oxygens (including phenoxy) is 1. The van der Waals surface area contributed by atoms with Crippen molar-refractivity contribution >= 4 is 0 Å². The Labute approximate surface area is 68.4 Å². The van der Waals surface area contributed by atoms with E-state index in [0.717, 1.165) is 32.5 Å². The van der Waals surface area contributed by atoms with Crippen molar-refractivity contribution in [3.63, 3.8) is 0 Å². The van der Waals surface area contributed by atoms with Crippen LogP contribution in [0.25, 0.3) is 0 Å². The van der Waals surface area contributed by atoms with Gasteiger partial charge >= 0.3 is 0 Å². The Morgan fingerprint density at radius 3 is 3.09 bits per heavy atom. The molecule has 0 spiro atoms. The number of hydrogen-bond acceptors (Lipinski definition) is 2. The van der Waals surface area contributed by atoms with Gasteiger partial charge in [-0.1, -0.05) is 6.08 Å². The van der Waals surface area contributed by atoms with Crippen molar-refractivity contribution < 1.29 is 4.74 Å². The molecule has 11 heavy (non-hydrogen) atoms. The van der Waals surface area contributed by atoms with Gasteiger partial charge in [-0.2, -0.15) is 0 Å². The van der Waals surface area contributed by atoms with Crippen molar-refractivity contribution in [3.8, 4) is 0 Å². The normalized spacial score (nSPS) is 26.8. The molecule has 1 aliphatic heterocycles. The molecule has 2 unspecified atom stereocenters. The fraction of sp³-hybridized carbons (Fsp3) is 0.778. The van der Waals surface area contributed by atoms with Gasteiger partial charge in [0.05, 0.1) is 6.61 Å². The van der Waals surface area contributed by atoms with Crippen molar-refractivity contribution in [1.82, 2.24) is 0 Å². The minimum absolute atomic E-state index is 0.315. The molecule has 2 nitrogen and oxygen atoms in total. The van der Waals surface area contributed by atoms with Gasteiger partial charge in [-0.15, -0.1) is 6.58 Å². The van der Waals surface area contributed by atoms with Gasteiger partial charge in [0, 0.05) is 12.6 Å². The van der Waals surface area contributed by atoms with Gasteiger partial charge < -0.3 is 10.5 Å². The first-order valence-corrected chi connectivity index (χ1v) is 4.29. The minimum Gasteiger partial charge on any atom is -0.381 e. The highest BCUT2D eigenvalue weighted by Crippen LogP contribution is 2.18. The lowest BCUT2D eigenvalue weighted by atomic mass is 9.96. The van der Waals surface area contributed by atoms with Crippen molar-refractivity contribution in [2.75, 3.05) is 13.2 Å². The lowest BCUT2D eigenvalue weighted by Crippen LogP contribution is -2.30. The molecular formula is C9H17NO. The standard InChI is InChI=1S/C9H17NO/c1-2-3-4-9(10)8-5-6-11-7-8/h2,8-9H,1,3-7,10H2. The maximum atomic E-state index is 5.94. The summed E-state index contributed by atoms with van der Waals surface area (Å²) < 4.78 is 5.25. The molecule has 2 N–H and O–H groups in total. The van der Waals surface area contributed by atoms with E-state index < -0.39 is 0 Å². The third-order valence-electron chi connectivity index (χ3n) is 2.27. The van der Waals surface area contributed by atoms with Crippen LogP contribution in [-0.2, 0) is 4.74 Å². The second kappa shape index (κ2) is 4.52. The topological polar surface area (TPSA) is 35.2 Å². The molecule has 2 heteroatoms. The summed E-state index contributed by atoms with van der Waals surface area (Å²) in [7, 11) is 0. The van der Waals surface area contributed by atoms with E-state index in [1.165, 1.54) is 0 Å². The molecule has 0 radical (unpaired) electrons. The predicted octanol–water partition coefficient (Wildman–Crippen LogP) is 1.32. The van der Waals surface area contributed by atoms with E-state index in [1.807, 2.05) is 6.08 Å². The Kier molecular flexibility index (Phi) is 3.60. The Morgan fingerprint density at radius 1 is 1.73 bits per heavy atom. The van der Waals surface area contributed by atoms with Gasteiger partial charge in [0.2, 0.25) is 0 Å². The van der Waals surface area contributed by atoms with Gasteiger partial charge in [0.25, 0.3) is 0 Å². The smallest absolute Gasteiger partial charge is 0.0509 e. The number of rotatable bonds is 4. The summed E-state index contributed by atoms with van der Waals surface area (Å²) in [6.07, 6.45) is 5.14. The van der Waals surface area contributed by atoms with Crippen molar-refractivity contribution in [2.45, 2.75) is 25.3 Å². The summed E-state index contributed by atoms with van der Waals surface area (Å²) in [6.45, 7) is 5.43. The molecule has 1 rings (SSSR count). The molecule has 0 aromatic rings. The molecular weight excluding hydrogens is 138 g/mol. The number of hydrogen-bond donors (Lipinski definition) is 1. The van der Waals surface area contributed by atoms with E-state index in [9.17, 15) is 0 Å². The summed E-state index contributed by atoms with van der Waals surface area (Å²) in [5.74, 6) is 0.593. The highest BCUT2D eigenvalue weighted by Gasteiger charge is 2.21. The average molecular weight is 155 g/mol. The monoisotopic (exact) mass is 155 g/mol. The summed E-state index contributed by atoms with van der Waals surface area (Å²) in [5.41, 5.74) is 5.94. The fourth-order valence-corrected chi connectivity index (χ4v) is 1.44. The highest BCUT2D eigenvalue weighted by atomic mass is 16.5. The quantitative estimate of drug-likeness (QED) is 0.621. The summed E-state index contributed by atoms with van der Waals surface area (Å²) in [6, 6.07) is 0.315. The van der Waals surface area contributed by atoms with Crippen molar-refractivity contribution in [1.29, 1.82) is 0 Å². The Balaban J connectivity index is 2.16. The first kappa shape index (κ1) is 8.75. The van der Waals surface area contributed by atoms with Gasteiger partial charge in [0.1, 0.15) is 0 Å². The molecule has 2 atom stereocenters. The van der Waals surface area contributed by atoms with Gasteiger partial charge in [0.15, 0.2) is 0 Å². The van der Waals surface area contributed by atoms with Crippen molar-refractivity contribution in [2.24, 2.45) is 11.7 Å². The number of allylic oxidation sites excluding steroid dienone is 1. The van der Waals surface area contributed by atoms with Gasteiger partial charge in [-0.25, -0.2) is 0 Å². The average Bonchev–Trinajstić information content (AvgIpc) is 2.52. The predicted molar refractivity (Wildman–Crippen MR) is 46.3 cm³/mol. The Bertz CT molecular complexity index is 119. The summed E-state index contributed by atoms with van der Waals surface area (Å²) in [5, 5.41) is 0. The summed E-state index contributed by atoms with van der Waals surface area (Å²) >= 11 is 0. The fourth-order valence-electron chi connectivity index (χ4n) is 1.44. The number of nitrogens with two attached hydrogens (primary N) is 1. The van der Waals surface area contributed by atoms with Gasteiger partial charge in [-0.3, -0.25) is 0 Å². The molecule has 0 aromatic heterocycles. The first-order chi connectivity index (χ1) is 5.34. The molecule has 0 aliphatic carbocycles. The van der Waals surface area contributed by atoms with E-state index in [4.69, 9.17) is 10.5 Å². The molecule has 1 aliphatic rings. The van der Waals surface area contributed by atoms with Crippen LogP contribution in [0.2, 0.25) is 0 Å². The maximum absolute atomic E-state index is 5.94. The van der Waals surface area contributed by atoms with E-state index in [-0.39, 0.29) is 0 Å². The van der Waals surface area contributed by atoms with E-state index in [1.54, 1.807) is 0 Å². The second-order valence-corrected chi connectivity index (χ2v) is 3.15. The zero-order valence-electron chi connectivity index (χ0n) is 6.96. The molecule has 1 fully saturated rings. The van der Waals surface area contributed by atoms with Crippen LogP contribution in [0, 0.1) is 5.92 Å². The summed E-state index contributed by atoms with van der Waals surface area (Å²) in [4.78, 5) is 0. The zero-order valence-corrected chi connectivity index (χ0v) is 6.96. The van der Waals surface area contributed by atoms with Crippen LogP contribution in [0.15, 0.2) is 12.7 Å². The third-order valence-corrected chi connectivity index (χ3v) is 2.27. The molecule has 1 heterocycles. The van der Waals surface area contributed by atoms with Gasteiger partial charge in [-0.05, 0) is 25.2 Å². The van der Waals surface area contributed by atoms with Crippen LogP contribution < -0.4 is 5.73 Å². The van der Waals surface area contributed by atoms with E-state index >= 15 is 0 Å². The molecule has 0 amide bonds. The van der Waals surface area contributed by atoms with E-state index in [2.05, 4.69) is 6.58 Å². The minimum atomic E-state index is 0.315. The lowest BCUT2D eigenvalue weighted by Gasteiger charge is -2.15. The molecule has 0 aromatic carbocycles. The first-order valence-electron chi connectivity index (χ1n) is 4.29. The van der Waals surface area contributed by atoms with Crippen LogP contribution in [-0.4, -0.2) is 19.3 Å². The molecule has 0 bridgehead atoms. The SMILES string of the molecule is C=CCCC(N)C1CCOC1. The zero-order chi connectivity index (χ0) is 8.10. The Hall–Kier alpha value is -0.340. The third kappa shape index (κ3) is 2.64.